The summed E-state index contributed by atoms with van der Waals surface area (Å²) < 4.78 is 37.4. The van der Waals surface area contributed by atoms with E-state index < -0.39 is 12.7 Å². The molecule has 1 unspecified atom stereocenters. The molecule has 1 atom stereocenters. The Hall–Kier alpha value is -1.23. The minimum absolute atomic E-state index is 0. The molecule has 0 amide bonds. The topological polar surface area (TPSA) is 51.7 Å². The number of halogens is 4. The molecule has 0 aliphatic carbocycles. The lowest BCUT2D eigenvalue weighted by Crippen LogP contribution is -2.45. The molecule has 1 aliphatic rings. The molecule has 2 rings (SSSR count). The number of nitrogens with one attached hydrogen (secondary N) is 3. The maximum Gasteiger partial charge on any atom is 0.401 e. The van der Waals surface area contributed by atoms with Crippen molar-refractivity contribution >= 4 is 35.6 Å². The quantitative estimate of drug-likeness (QED) is 0.223. The van der Waals surface area contributed by atoms with Crippen molar-refractivity contribution in [2.45, 2.75) is 32.0 Å². The Bertz CT molecular complexity index is 554. The van der Waals surface area contributed by atoms with Crippen molar-refractivity contribution in [3.05, 3.63) is 30.3 Å². The van der Waals surface area contributed by atoms with E-state index in [2.05, 4.69) is 20.9 Å². The number of anilines is 1. The molecular formula is C18H29F3IN5. The molecule has 0 spiro atoms. The second kappa shape index (κ2) is 12.3. The lowest BCUT2D eigenvalue weighted by atomic mass is 10.3. The highest BCUT2D eigenvalue weighted by atomic mass is 127. The first-order chi connectivity index (χ1) is 12.5. The molecule has 154 valence electrons. The fourth-order valence-corrected chi connectivity index (χ4v) is 2.92. The van der Waals surface area contributed by atoms with Gasteiger partial charge in [0.15, 0.2) is 5.96 Å². The highest BCUT2D eigenvalue weighted by molar-refractivity contribution is 14.0. The standard InChI is InChI=1S/C18H28F3N5.HI/c1-2-22-17(24-11-6-10-23-15-7-4-3-5-8-15)25-16-9-12-26(13-16)14-18(19,20)21;/h3-5,7-8,16,23H,2,6,9-14H2,1H3,(H2,22,24,25);1H. The molecule has 0 radical (unpaired) electrons. The summed E-state index contributed by atoms with van der Waals surface area (Å²) in [6, 6.07) is 9.97. The van der Waals surface area contributed by atoms with Gasteiger partial charge in [-0.05, 0) is 31.9 Å². The van der Waals surface area contributed by atoms with Gasteiger partial charge in [-0.25, -0.2) is 0 Å². The number of nitrogens with zero attached hydrogens (tertiary/aromatic N) is 2. The summed E-state index contributed by atoms with van der Waals surface area (Å²) in [5, 5.41) is 9.74. The molecule has 3 N–H and O–H groups in total. The maximum atomic E-state index is 12.5. The molecule has 1 heterocycles. The minimum Gasteiger partial charge on any atom is -0.385 e. The normalized spacial score (nSPS) is 18.1. The van der Waals surface area contributed by atoms with Gasteiger partial charge in [-0.2, -0.15) is 13.2 Å². The number of benzene rings is 1. The van der Waals surface area contributed by atoms with Gasteiger partial charge in [-0.15, -0.1) is 24.0 Å². The molecular weight excluding hydrogens is 470 g/mol. The molecule has 1 aromatic carbocycles. The van der Waals surface area contributed by atoms with Crippen LogP contribution in [0.5, 0.6) is 0 Å². The van der Waals surface area contributed by atoms with Gasteiger partial charge in [-0.1, -0.05) is 18.2 Å². The molecule has 5 nitrogen and oxygen atoms in total. The van der Waals surface area contributed by atoms with E-state index in [0.29, 0.717) is 38.6 Å². The highest BCUT2D eigenvalue weighted by Crippen LogP contribution is 2.19. The van der Waals surface area contributed by atoms with E-state index in [-0.39, 0.29) is 30.0 Å². The number of guanidine groups is 1. The van der Waals surface area contributed by atoms with Crippen LogP contribution in [-0.2, 0) is 0 Å². The summed E-state index contributed by atoms with van der Waals surface area (Å²) >= 11 is 0. The zero-order valence-corrected chi connectivity index (χ0v) is 17.9. The van der Waals surface area contributed by atoms with E-state index in [1.54, 1.807) is 0 Å². The second-order valence-electron chi connectivity index (χ2n) is 6.39. The van der Waals surface area contributed by atoms with E-state index in [1.807, 2.05) is 37.3 Å². The van der Waals surface area contributed by atoms with Crippen LogP contribution < -0.4 is 16.0 Å². The second-order valence-corrected chi connectivity index (χ2v) is 6.39. The van der Waals surface area contributed by atoms with Gasteiger partial charge in [0.05, 0.1) is 6.54 Å². The third kappa shape index (κ3) is 10.0. The fraction of sp³-hybridized carbons (Fsp3) is 0.611. The summed E-state index contributed by atoms with van der Waals surface area (Å²) in [6.07, 6.45) is -2.58. The Labute approximate surface area is 176 Å². The number of likely N-dealkylation sites (tertiary alicyclic amines) is 1. The zero-order valence-electron chi connectivity index (χ0n) is 15.6. The van der Waals surface area contributed by atoms with Crippen LogP contribution in [-0.4, -0.2) is 62.3 Å². The fourth-order valence-electron chi connectivity index (χ4n) is 2.92. The van der Waals surface area contributed by atoms with E-state index >= 15 is 0 Å². The molecule has 0 aromatic heterocycles. The summed E-state index contributed by atoms with van der Waals surface area (Å²) in [4.78, 5) is 5.96. The third-order valence-corrected chi connectivity index (χ3v) is 4.07. The summed E-state index contributed by atoms with van der Waals surface area (Å²) in [5.41, 5.74) is 1.08. The van der Waals surface area contributed by atoms with Crippen molar-refractivity contribution in [3.8, 4) is 0 Å². The van der Waals surface area contributed by atoms with Crippen LogP contribution in [0.4, 0.5) is 18.9 Å². The summed E-state index contributed by atoms with van der Waals surface area (Å²) in [6.45, 7) is 4.15. The van der Waals surface area contributed by atoms with Gasteiger partial charge >= 0.3 is 6.18 Å². The van der Waals surface area contributed by atoms with Gasteiger partial charge in [0.2, 0.25) is 0 Å². The van der Waals surface area contributed by atoms with E-state index in [4.69, 9.17) is 0 Å². The van der Waals surface area contributed by atoms with Crippen LogP contribution in [0.1, 0.15) is 19.8 Å². The first-order valence-electron chi connectivity index (χ1n) is 9.09. The van der Waals surface area contributed by atoms with Gasteiger partial charge < -0.3 is 16.0 Å². The summed E-state index contributed by atoms with van der Waals surface area (Å²) in [5.74, 6) is 0.672. The van der Waals surface area contributed by atoms with Crippen molar-refractivity contribution in [1.82, 2.24) is 15.5 Å². The summed E-state index contributed by atoms with van der Waals surface area (Å²) in [7, 11) is 0. The Kier molecular flexibility index (Phi) is 10.8. The molecule has 1 aliphatic heterocycles. The molecule has 0 bridgehead atoms. The monoisotopic (exact) mass is 499 g/mol. The Morgan fingerprint density at radius 3 is 2.67 bits per heavy atom. The molecule has 1 aromatic rings. The van der Waals surface area contributed by atoms with Gasteiger partial charge in [0.1, 0.15) is 0 Å². The van der Waals surface area contributed by atoms with Crippen LogP contribution in [0.2, 0.25) is 0 Å². The van der Waals surface area contributed by atoms with Gasteiger partial charge in [0, 0.05) is 44.5 Å². The smallest absolute Gasteiger partial charge is 0.385 e. The molecule has 27 heavy (non-hydrogen) atoms. The number of rotatable bonds is 8. The number of hydrogen-bond acceptors (Lipinski definition) is 3. The SMILES string of the molecule is CCNC(=NCCCNc1ccccc1)NC1CCN(CC(F)(F)F)C1.I. The number of hydrogen-bond donors (Lipinski definition) is 3. The first kappa shape index (κ1) is 23.8. The van der Waals surface area contributed by atoms with E-state index in [0.717, 1.165) is 18.7 Å². The van der Waals surface area contributed by atoms with Crippen molar-refractivity contribution in [1.29, 1.82) is 0 Å². The predicted octanol–water partition coefficient (Wildman–Crippen LogP) is 3.30. The van der Waals surface area contributed by atoms with Crippen LogP contribution >= 0.6 is 24.0 Å². The molecule has 1 saturated heterocycles. The van der Waals surface area contributed by atoms with Crippen molar-refractivity contribution in [3.63, 3.8) is 0 Å². The average Bonchev–Trinajstić information content (AvgIpc) is 3.00. The Morgan fingerprint density at radius 1 is 1.26 bits per heavy atom. The van der Waals surface area contributed by atoms with Crippen LogP contribution in [0.25, 0.3) is 0 Å². The predicted molar refractivity (Wildman–Crippen MR) is 115 cm³/mol. The maximum absolute atomic E-state index is 12.5. The van der Waals surface area contributed by atoms with Crippen LogP contribution in [0.3, 0.4) is 0 Å². The molecule has 1 fully saturated rings. The number of alkyl halides is 3. The van der Waals surface area contributed by atoms with E-state index in [9.17, 15) is 13.2 Å². The third-order valence-electron chi connectivity index (χ3n) is 4.07. The highest BCUT2D eigenvalue weighted by Gasteiger charge is 2.34. The largest absolute Gasteiger partial charge is 0.401 e. The first-order valence-corrected chi connectivity index (χ1v) is 9.09. The Balaban J connectivity index is 0.00000364. The minimum atomic E-state index is -4.14. The van der Waals surface area contributed by atoms with Crippen LogP contribution in [0.15, 0.2) is 35.3 Å². The lowest BCUT2D eigenvalue weighted by Gasteiger charge is -2.19. The zero-order chi connectivity index (χ0) is 18.8. The number of para-hydroxylation sites is 1. The molecule has 0 saturated carbocycles. The van der Waals surface area contributed by atoms with E-state index in [1.165, 1.54) is 4.90 Å². The lowest BCUT2D eigenvalue weighted by molar-refractivity contribution is -0.143. The van der Waals surface area contributed by atoms with Gasteiger partial charge in [-0.3, -0.25) is 9.89 Å². The van der Waals surface area contributed by atoms with Crippen LogP contribution in [0, 0.1) is 0 Å². The average molecular weight is 499 g/mol. The number of aliphatic imine (C=N–C) groups is 1. The Morgan fingerprint density at radius 2 is 2.00 bits per heavy atom. The van der Waals surface area contributed by atoms with Gasteiger partial charge in [0.25, 0.3) is 0 Å². The van der Waals surface area contributed by atoms with Crippen molar-refractivity contribution in [2.75, 3.05) is 44.6 Å². The van der Waals surface area contributed by atoms with Crippen molar-refractivity contribution < 1.29 is 13.2 Å². The molecule has 9 heteroatoms. The van der Waals surface area contributed by atoms with Crippen molar-refractivity contribution in [2.24, 2.45) is 4.99 Å².